The van der Waals surface area contributed by atoms with E-state index in [-0.39, 0.29) is 5.97 Å². The molecule has 0 amide bonds. The Hall–Kier alpha value is -1.09. The van der Waals surface area contributed by atoms with Gasteiger partial charge in [-0.25, -0.2) is 9.78 Å². The standard InChI is InChI=1S/C14H18ClNO2/c1-2-18-14(17)11-8-12(16-13(15)9-11)10-6-4-3-5-7-10/h8-10H,2-7H2,1H3. The van der Waals surface area contributed by atoms with E-state index in [0.29, 0.717) is 23.2 Å². The third kappa shape index (κ3) is 3.22. The average Bonchev–Trinajstić information content (AvgIpc) is 2.39. The lowest BCUT2D eigenvalue weighted by Gasteiger charge is -2.21. The summed E-state index contributed by atoms with van der Waals surface area (Å²) in [6.07, 6.45) is 6.02. The van der Waals surface area contributed by atoms with Gasteiger partial charge in [-0.3, -0.25) is 0 Å². The second kappa shape index (κ2) is 6.19. The van der Waals surface area contributed by atoms with Gasteiger partial charge in [-0.15, -0.1) is 0 Å². The summed E-state index contributed by atoms with van der Waals surface area (Å²) in [7, 11) is 0. The summed E-state index contributed by atoms with van der Waals surface area (Å²) >= 11 is 5.99. The number of aromatic nitrogens is 1. The fourth-order valence-electron chi connectivity index (χ4n) is 2.46. The number of rotatable bonds is 3. The molecule has 0 atom stereocenters. The number of hydrogen-bond acceptors (Lipinski definition) is 3. The van der Waals surface area contributed by atoms with Crippen molar-refractivity contribution >= 4 is 17.6 Å². The normalized spacial score (nSPS) is 16.6. The first-order valence-corrected chi connectivity index (χ1v) is 6.93. The highest BCUT2D eigenvalue weighted by Crippen LogP contribution is 2.32. The second-order valence-electron chi connectivity index (χ2n) is 4.66. The van der Waals surface area contributed by atoms with Gasteiger partial charge in [0, 0.05) is 11.6 Å². The minimum absolute atomic E-state index is 0.321. The molecule has 0 bridgehead atoms. The molecule has 0 N–H and O–H groups in total. The van der Waals surface area contributed by atoms with Crippen molar-refractivity contribution in [3.8, 4) is 0 Å². The van der Waals surface area contributed by atoms with Gasteiger partial charge in [-0.05, 0) is 31.9 Å². The molecule has 98 valence electrons. The fourth-order valence-corrected chi connectivity index (χ4v) is 2.67. The molecule has 0 unspecified atom stereocenters. The SMILES string of the molecule is CCOC(=O)c1cc(Cl)nc(C2CCCCC2)c1. The van der Waals surface area contributed by atoms with E-state index in [1.165, 1.54) is 19.3 Å². The Morgan fingerprint density at radius 1 is 1.39 bits per heavy atom. The van der Waals surface area contributed by atoms with Crippen LogP contribution < -0.4 is 0 Å². The van der Waals surface area contributed by atoms with E-state index in [0.717, 1.165) is 18.5 Å². The molecule has 1 aromatic heterocycles. The first-order valence-electron chi connectivity index (χ1n) is 6.55. The van der Waals surface area contributed by atoms with Crippen molar-refractivity contribution in [2.24, 2.45) is 0 Å². The largest absolute Gasteiger partial charge is 0.462 e. The summed E-state index contributed by atoms with van der Waals surface area (Å²) in [6.45, 7) is 2.17. The van der Waals surface area contributed by atoms with E-state index in [9.17, 15) is 4.79 Å². The molecule has 0 aromatic carbocycles. The number of carbonyl (C=O) groups is 1. The predicted octanol–water partition coefficient (Wildman–Crippen LogP) is 3.96. The van der Waals surface area contributed by atoms with Crippen molar-refractivity contribution in [1.82, 2.24) is 4.98 Å². The van der Waals surface area contributed by atoms with Crippen LogP contribution in [0.25, 0.3) is 0 Å². The third-order valence-corrected chi connectivity index (χ3v) is 3.54. The number of esters is 1. The number of pyridine rings is 1. The highest BCUT2D eigenvalue weighted by atomic mass is 35.5. The Morgan fingerprint density at radius 3 is 2.78 bits per heavy atom. The molecular weight excluding hydrogens is 250 g/mol. The maximum atomic E-state index is 11.7. The Labute approximate surface area is 113 Å². The number of hydrogen-bond donors (Lipinski definition) is 0. The molecule has 1 saturated carbocycles. The van der Waals surface area contributed by atoms with Gasteiger partial charge in [-0.2, -0.15) is 0 Å². The molecule has 0 aliphatic heterocycles. The predicted molar refractivity (Wildman–Crippen MR) is 71.0 cm³/mol. The molecular formula is C14H18ClNO2. The van der Waals surface area contributed by atoms with E-state index >= 15 is 0 Å². The Bertz CT molecular complexity index is 428. The van der Waals surface area contributed by atoms with Crippen molar-refractivity contribution in [1.29, 1.82) is 0 Å². The monoisotopic (exact) mass is 267 g/mol. The quantitative estimate of drug-likeness (QED) is 0.615. The summed E-state index contributed by atoms with van der Waals surface area (Å²) in [5, 5.41) is 0.376. The van der Waals surface area contributed by atoms with Gasteiger partial charge in [-0.1, -0.05) is 30.9 Å². The van der Waals surface area contributed by atoms with Crippen molar-refractivity contribution < 1.29 is 9.53 Å². The molecule has 3 nitrogen and oxygen atoms in total. The van der Waals surface area contributed by atoms with Crippen LogP contribution in [0.5, 0.6) is 0 Å². The first kappa shape index (κ1) is 13.3. The summed E-state index contributed by atoms with van der Waals surface area (Å²) in [6, 6.07) is 3.41. The van der Waals surface area contributed by atoms with Crippen LogP contribution in [0.2, 0.25) is 5.15 Å². The highest BCUT2D eigenvalue weighted by Gasteiger charge is 2.19. The zero-order valence-electron chi connectivity index (χ0n) is 10.6. The molecule has 1 fully saturated rings. The second-order valence-corrected chi connectivity index (χ2v) is 5.05. The molecule has 1 aliphatic carbocycles. The van der Waals surface area contributed by atoms with Crippen LogP contribution in [-0.4, -0.2) is 17.6 Å². The number of ether oxygens (including phenoxy) is 1. The van der Waals surface area contributed by atoms with Gasteiger partial charge in [0.15, 0.2) is 0 Å². The lowest BCUT2D eigenvalue weighted by molar-refractivity contribution is 0.0526. The molecule has 0 saturated heterocycles. The minimum Gasteiger partial charge on any atom is -0.462 e. The van der Waals surface area contributed by atoms with Crippen LogP contribution in [0, 0.1) is 0 Å². The highest BCUT2D eigenvalue weighted by molar-refractivity contribution is 6.29. The fraction of sp³-hybridized carbons (Fsp3) is 0.571. The third-order valence-electron chi connectivity index (χ3n) is 3.35. The lowest BCUT2D eigenvalue weighted by atomic mass is 9.86. The van der Waals surface area contributed by atoms with E-state index < -0.39 is 0 Å². The van der Waals surface area contributed by atoms with Gasteiger partial charge in [0.05, 0.1) is 12.2 Å². The molecule has 2 rings (SSSR count). The van der Waals surface area contributed by atoms with Crippen molar-refractivity contribution in [2.75, 3.05) is 6.61 Å². The molecule has 4 heteroatoms. The maximum absolute atomic E-state index is 11.7. The molecule has 0 radical (unpaired) electrons. The maximum Gasteiger partial charge on any atom is 0.338 e. The van der Waals surface area contributed by atoms with Gasteiger partial charge in [0.25, 0.3) is 0 Å². The summed E-state index contributed by atoms with van der Waals surface area (Å²) in [5.74, 6) is 0.115. The van der Waals surface area contributed by atoms with E-state index in [2.05, 4.69) is 4.98 Å². The number of carbonyl (C=O) groups excluding carboxylic acids is 1. The van der Waals surface area contributed by atoms with Crippen molar-refractivity contribution in [3.63, 3.8) is 0 Å². The Morgan fingerprint density at radius 2 is 2.11 bits per heavy atom. The van der Waals surface area contributed by atoms with Crippen LogP contribution >= 0.6 is 11.6 Å². The molecule has 18 heavy (non-hydrogen) atoms. The van der Waals surface area contributed by atoms with Gasteiger partial charge < -0.3 is 4.74 Å². The van der Waals surface area contributed by atoms with E-state index in [4.69, 9.17) is 16.3 Å². The summed E-state index contributed by atoms with van der Waals surface area (Å²) < 4.78 is 5.00. The smallest absolute Gasteiger partial charge is 0.338 e. The van der Waals surface area contributed by atoms with E-state index in [1.54, 1.807) is 13.0 Å². The molecule has 1 aliphatic rings. The van der Waals surface area contributed by atoms with Crippen LogP contribution in [0.1, 0.15) is 61.0 Å². The number of nitrogens with zero attached hydrogens (tertiary/aromatic N) is 1. The topological polar surface area (TPSA) is 39.2 Å². The summed E-state index contributed by atoms with van der Waals surface area (Å²) in [4.78, 5) is 16.1. The average molecular weight is 268 g/mol. The van der Waals surface area contributed by atoms with Crippen molar-refractivity contribution in [3.05, 3.63) is 28.5 Å². The zero-order valence-corrected chi connectivity index (χ0v) is 11.4. The van der Waals surface area contributed by atoms with Crippen LogP contribution in [0.3, 0.4) is 0 Å². The Balaban J connectivity index is 2.22. The molecule has 1 heterocycles. The van der Waals surface area contributed by atoms with Gasteiger partial charge in [0.1, 0.15) is 5.15 Å². The van der Waals surface area contributed by atoms with Gasteiger partial charge in [0.2, 0.25) is 0 Å². The first-order chi connectivity index (χ1) is 8.70. The van der Waals surface area contributed by atoms with Crippen LogP contribution in [-0.2, 0) is 4.74 Å². The Kier molecular flexibility index (Phi) is 4.59. The van der Waals surface area contributed by atoms with Crippen LogP contribution in [0.15, 0.2) is 12.1 Å². The lowest BCUT2D eigenvalue weighted by Crippen LogP contribution is -2.10. The van der Waals surface area contributed by atoms with Crippen LogP contribution in [0.4, 0.5) is 0 Å². The molecule has 0 spiro atoms. The zero-order chi connectivity index (χ0) is 13.0. The van der Waals surface area contributed by atoms with Crippen molar-refractivity contribution in [2.45, 2.75) is 44.9 Å². The number of halogens is 1. The minimum atomic E-state index is -0.321. The van der Waals surface area contributed by atoms with E-state index in [1.807, 2.05) is 6.07 Å². The summed E-state index contributed by atoms with van der Waals surface area (Å²) in [5.41, 5.74) is 1.45. The molecule has 1 aromatic rings. The van der Waals surface area contributed by atoms with Gasteiger partial charge >= 0.3 is 5.97 Å².